The number of nitrogens with two attached hydrogens (primary N) is 1. The predicted octanol–water partition coefficient (Wildman–Crippen LogP) is 5.58. The Labute approximate surface area is 207 Å². The van der Waals surface area contributed by atoms with Crippen LogP contribution in [-0.4, -0.2) is 41.3 Å². The molecule has 1 aliphatic heterocycles. The number of fused-ring (bicyclic) bond motifs is 2. The second-order valence-electron chi connectivity index (χ2n) is 7.32. The highest BCUT2D eigenvalue weighted by Gasteiger charge is 2.56. The molecule has 0 aliphatic carbocycles. The fraction of sp³-hybridized carbons (Fsp3) is 0.350. The van der Waals surface area contributed by atoms with Crippen LogP contribution in [0.2, 0.25) is 0 Å². The van der Waals surface area contributed by atoms with E-state index in [1.807, 2.05) is 6.07 Å². The summed E-state index contributed by atoms with van der Waals surface area (Å²) in [6, 6.07) is 5.13. The van der Waals surface area contributed by atoms with E-state index in [-0.39, 0.29) is 19.8 Å². The zero-order valence-electron chi connectivity index (χ0n) is 17.1. The van der Waals surface area contributed by atoms with Gasteiger partial charge in [-0.3, -0.25) is 5.32 Å². The Morgan fingerprint density at radius 2 is 1.79 bits per heavy atom. The Hall–Kier alpha value is -2.07. The Morgan fingerprint density at radius 3 is 2.47 bits per heavy atom. The summed E-state index contributed by atoms with van der Waals surface area (Å²) in [5.74, 6) is 1.18. The maximum Gasteiger partial charge on any atom is 0.412 e. The predicted molar refractivity (Wildman–Crippen MR) is 122 cm³/mol. The molecule has 0 saturated heterocycles. The maximum absolute atomic E-state index is 12.8. The van der Waals surface area contributed by atoms with Crippen LogP contribution in [0.25, 0.3) is 11.0 Å². The van der Waals surface area contributed by atoms with Gasteiger partial charge in [-0.15, -0.1) is 0 Å². The van der Waals surface area contributed by atoms with Gasteiger partial charge in [-0.2, -0.15) is 26.3 Å². The first kappa shape index (κ1) is 25.0. The van der Waals surface area contributed by atoms with Crippen molar-refractivity contribution in [1.29, 1.82) is 0 Å². The fourth-order valence-electron chi connectivity index (χ4n) is 3.42. The average Bonchev–Trinajstić information content (AvgIpc) is 3.31. The lowest BCUT2D eigenvalue weighted by atomic mass is 10.2. The molecule has 0 saturated carbocycles. The van der Waals surface area contributed by atoms with Crippen LogP contribution in [0.5, 0.6) is 11.5 Å². The third-order valence-corrected chi connectivity index (χ3v) is 7.28. The molecule has 2 aromatic carbocycles. The van der Waals surface area contributed by atoms with Crippen molar-refractivity contribution in [2.45, 2.75) is 41.4 Å². The van der Waals surface area contributed by atoms with E-state index in [4.69, 9.17) is 15.2 Å². The number of anilines is 1. The van der Waals surface area contributed by atoms with Gasteiger partial charge in [0.2, 0.25) is 12.8 Å². The van der Waals surface area contributed by atoms with Crippen LogP contribution >= 0.6 is 34.4 Å². The van der Waals surface area contributed by atoms with Gasteiger partial charge in [-0.25, -0.2) is 4.98 Å². The lowest BCUT2D eigenvalue weighted by Crippen LogP contribution is -2.52. The van der Waals surface area contributed by atoms with Crippen LogP contribution in [-0.2, 0) is 6.54 Å². The molecule has 6 nitrogen and oxygen atoms in total. The van der Waals surface area contributed by atoms with Crippen molar-refractivity contribution in [2.75, 3.05) is 19.1 Å². The maximum atomic E-state index is 12.8. The molecular formula is C20H17F6IN4O2S. The summed E-state index contributed by atoms with van der Waals surface area (Å²) >= 11 is 3.42. The molecule has 0 spiro atoms. The van der Waals surface area contributed by atoms with Crippen molar-refractivity contribution >= 4 is 51.1 Å². The lowest BCUT2D eigenvalue weighted by Gasteiger charge is -2.24. The third-order valence-electron chi connectivity index (χ3n) is 4.97. The van der Waals surface area contributed by atoms with Crippen molar-refractivity contribution < 1.29 is 35.8 Å². The molecule has 184 valence electrons. The van der Waals surface area contributed by atoms with Crippen LogP contribution in [0.1, 0.15) is 6.42 Å². The average molecular weight is 632 g/mol. The standard InChI is InChI=1S/C20H17F6IN4O2S/c21-19(22,23)17(20(24,25)26)29-5-2-6-31-12-4-1-3-11(28)16(12)30-18(31)34-15-8-14-13(7-10(15)27)32-9-33-14/h1,3-4,7-8,17,29H,2,5-6,9,28H2/i19+7,20+7. The van der Waals surface area contributed by atoms with E-state index in [0.29, 0.717) is 33.4 Å². The largest absolute Gasteiger partial charge is 0.454 e. The number of nitrogens with one attached hydrogen (secondary N) is 1. The van der Waals surface area contributed by atoms with Gasteiger partial charge in [-0.05, 0) is 59.8 Å². The number of benzene rings is 2. The molecule has 14 heteroatoms. The molecule has 2 heterocycles. The minimum Gasteiger partial charge on any atom is -0.454 e. The van der Waals surface area contributed by atoms with Crippen molar-refractivity contribution in [1.82, 2.24) is 14.9 Å². The summed E-state index contributed by atoms with van der Waals surface area (Å²) in [4.78, 5) is 5.38. The van der Waals surface area contributed by atoms with Gasteiger partial charge in [0.05, 0.1) is 11.2 Å². The number of halogens is 7. The summed E-state index contributed by atoms with van der Waals surface area (Å²) < 4.78 is 90.0. The summed E-state index contributed by atoms with van der Waals surface area (Å²) in [5.41, 5.74) is 7.57. The number of alkyl halides is 6. The smallest absolute Gasteiger partial charge is 0.412 e. The van der Waals surface area contributed by atoms with E-state index in [9.17, 15) is 26.3 Å². The number of imidazole rings is 1. The van der Waals surface area contributed by atoms with E-state index in [2.05, 4.69) is 27.6 Å². The molecule has 0 amide bonds. The van der Waals surface area contributed by atoms with Crippen LogP contribution in [0, 0.1) is 3.57 Å². The SMILES string of the molecule is Nc1cccc2c1nc(Sc1cc3c(cc1I)OCO3)n2CCCNC([19C](F)(F)F)[19C](F)(F)F. The van der Waals surface area contributed by atoms with Gasteiger partial charge in [0.25, 0.3) is 0 Å². The Morgan fingerprint density at radius 1 is 1.12 bits per heavy atom. The molecule has 1 aliphatic rings. The zero-order chi connectivity index (χ0) is 24.7. The highest BCUT2D eigenvalue weighted by atomic mass is 127. The molecule has 4 rings (SSSR count). The number of nitrogens with zero attached hydrogens (tertiary/aromatic N) is 2. The van der Waals surface area contributed by atoms with E-state index >= 15 is 0 Å². The Kier molecular flexibility index (Phi) is 7.01. The molecule has 0 unspecified atom stereocenters. The van der Waals surface area contributed by atoms with E-state index in [0.717, 1.165) is 8.47 Å². The van der Waals surface area contributed by atoms with Gasteiger partial charge in [-0.1, -0.05) is 17.8 Å². The second kappa shape index (κ2) is 9.53. The Balaban J connectivity index is 1.56. The van der Waals surface area contributed by atoms with Crippen molar-refractivity contribution in [3.8, 4) is 11.5 Å². The topological polar surface area (TPSA) is 74.3 Å². The molecule has 34 heavy (non-hydrogen) atoms. The summed E-state index contributed by atoms with van der Waals surface area (Å²) in [5, 5.41) is 2.07. The van der Waals surface area contributed by atoms with Crippen LogP contribution in [0.15, 0.2) is 40.4 Å². The van der Waals surface area contributed by atoms with Crippen molar-refractivity contribution in [3.05, 3.63) is 33.9 Å². The number of hydrogen-bond donors (Lipinski definition) is 2. The molecule has 3 N–H and O–H groups in total. The van der Waals surface area contributed by atoms with Gasteiger partial charge in [0.15, 0.2) is 16.7 Å². The quantitative estimate of drug-likeness (QED) is 0.154. The van der Waals surface area contributed by atoms with Gasteiger partial charge < -0.3 is 19.8 Å². The summed E-state index contributed by atoms with van der Waals surface area (Å²) in [6.45, 7) is -0.269. The molecule has 1 aromatic heterocycles. The lowest BCUT2D eigenvalue weighted by molar-refractivity contribution is -0.258. The van der Waals surface area contributed by atoms with Gasteiger partial charge >= 0.3 is 12.4 Å². The highest BCUT2D eigenvalue weighted by Crippen LogP contribution is 2.42. The number of hydrogen-bond acceptors (Lipinski definition) is 6. The summed E-state index contributed by atoms with van der Waals surface area (Å²) in [6.07, 6.45) is -10.9. The number of rotatable bonds is 7. The highest BCUT2D eigenvalue weighted by molar-refractivity contribution is 14.1. The first-order chi connectivity index (χ1) is 15.9. The van der Waals surface area contributed by atoms with E-state index in [1.165, 1.54) is 11.8 Å². The third kappa shape index (κ3) is 5.27. The first-order valence-corrected chi connectivity index (χ1v) is 11.7. The molecule has 0 fully saturated rings. The van der Waals surface area contributed by atoms with Gasteiger partial charge in [0.1, 0.15) is 5.52 Å². The Bertz CT molecular complexity index is 1190. The number of nitrogen functional groups attached to an aromatic ring is 1. The molecule has 0 radical (unpaired) electrons. The second-order valence-corrected chi connectivity index (χ2v) is 9.49. The van der Waals surface area contributed by atoms with Crippen LogP contribution in [0.3, 0.4) is 0 Å². The number of aromatic nitrogens is 2. The zero-order valence-corrected chi connectivity index (χ0v) is 20.1. The molecule has 3 aromatic rings. The number of aryl methyl sites for hydroxylation is 1. The number of ether oxygens (including phenoxy) is 2. The molecule has 0 bridgehead atoms. The fourth-order valence-corrected chi connectivity index (χ4v) is 5.14. The van der Waals surface area contributed by atoms with E-state index in [1.54, 1.807) is 34.1 Å². The molecular weight excluding hydrogens is 615 g/mol. The van der Waals surface area contributed by atoms with E-state index < -0.39 is 24.9 Å². The van der Waals surface area contributed by atoms with Crippen molar-refractivity contribution in [2.24, 2.45) is 0 Å². The minimum atomic E-state index is -5.44. The minimum absolute atomic E-state index is 0.00525. The van der Waals surface area contributed by atoms with Gasteiger partial charge in [0, 0.05) is 15.0 Å². The van der Waals surface area contributed by atoms with Crippen LogP contribution in [0.4, 0.5) is 32.0 Å². The summed E-state index contributed by atoms with van der Waals surface area (Å²) in [7, 11) is 0. The number of para-hydroxylation sites is 1. The van der Waals surface area contributed by atoms with Crippen LogP contribution < -0.4 is 20.5 Å². The first-order valence-electron chi connectivity index (χ1n) is 9.83. The monoisotopic (exact) mass is 632 g/mol. The molecule has 0 atom stereocenters. The normalized spacial score (nSPS) is 13.9. The van der Waals surface area contributed by atoms with Crippen molar-refractivity contribution in [3.63, 3.8) is 0 Å².